The highest BCUT2D eigenvalue weighted by molar-refractivity contribution is 8.00. The number of halogens is 3. The van der Waals surface area contributed by atoms with Crippen LogP contribution in [-0.2, 0) is 15.7 Å². The Morgan fingerprint density at radius 3 is 2.71 bits per heavy atom. The molecule has 1 aromatic heterocycles. The van der Waals surface area contributed by atoms with Gasteiger partial charge in [0, 0.05) is 26.5 Å². The Morgan fingerprint density at radius 2 is 2.19 bits per heavy atom. The third kappa shape index (κ3) is 6.34. The molecule has 0 aromatic carbocycles. The number of nitrogens with one attached hydrogen (secondary N) is 1. The second-order valence-electron chi connectivity index (χ2n) is 4.28. The van der Waals surface area contributed by atoms with Crippen LogP contribution in [-0.4, -0.2) is 36.4 Å². The zero-order valence-electron chi connectivity index (χ0n) is 11.7. The molecule has 1 aromatic rings. The monoisotopic (exact) mass is 322 g/mol. The van der Waals surface area contributed by atoms with Crippen molar-refractivity contribution in [3.63, 3.8) is 0 Å². The molecule has 1 rings (SSSR count). The Morgan fingerprint density at radius 1 is 1.48 bits per heavy atom. The standard InChI is InChI=1S/C13H17F3N2O2S/c1-9(12(19)17-6-3-7-20-2)21-11-5-4-10(8-18-11)13(14,15)16/h4-5,8-9H,3,6-7H2,1-2H3,(H,17,19). The average Bonchev–Trinajstić information content (AvgIpc) is 2.43. The lowest BCUT2D eigenvalue weighted by molar-refractivity contribution is -0.137. The third-order valence-electron chi connectivity index (χ3n) is 2.55. The molecular weight excluding hydrogens is 305 g/mol. The van der Waals surface area contributed by atoms with Gasteiger partial charge >= 0.3 is 6.18 Å². The van der Waals surface area contributed by atoms with Gasteiger partial charge in [-0.3, -0.25) is 4.79 Å². The molecule has 0 aliphatic heterocycles. The maximum absolute atomic E-state index is 12.4. The summed E-state index contributed by atoms with van der Waals surface area (Å²) in [5.74, 6) is -0.183. The number of carbonyl (C=O) groups excluding carboxylic acids is 1. The fraction of sp³-hybridized carbons (Fsp3) is 0.538. The van der Waals surface area contributed by atoms with E-state index in [4.69, 9.17) is 4.74 Å². The first-order valence-electron chi connectivity index (χ1n) is 6.31. The molecule has 1 amide bonds. The van der Waals surface area contributed by atoms with Crippen LogP contribution in [0.25, 0.3) is 0 Å². The first kappa shape index (κ1) is 17.8. The number of carbonyl (C=O) groups is 1. The average molecular weight is 322 g/mol. The van der Waals surface area contributed by atoms with Crippen molar-refractivity contribution in [2.75, 3.05) is 20.3 Å². The van der Waals surface area contributed by atoms with Crippen LogP contribution in [0.1, 0.15) is 18.9 Å². The van der Waals surface area contributed by atoms with E-state index in [2.05, 4.69) is 10.3 Å². The lowest BCUT2D eigenvalue weighted by Gasteiger charge is -2.12. The molecule has 1 unspecified atom stereocenters. The van der Waals surface area contributed by atoms with Gasteiger partial charge in [-0.25, -0.2) is 4.98 Å². The summed E-state index contributed by atoms with van der Waals surface area (Å²) >= 11 is 1.11. The topological polar surface area (TPSA) is 51.2 Å². The second kappa shape index (κ2) is 8.23. The lowest BCUT2D eigenvalue weighted by Crippen LogP contribution is -2.32. The van der Waals surface area contributed by atoms with Crippen molar-refractivity contribution < 1.29 is 22.7 Å². The van der Waals surface area contributed by atoms with Gasteiger partial charge in [0.2, 0.25) is 5.91 Å². The van der Waals surface area contributed by atoms with Gasteiger partial charge in [-0.2, -0.15) is 13.2 Å². The highest BCUT2D eigenvalue weighted by atomic mass is 32.2. The number of pyridine rings is 1. The van der Waals surface area contributed by atoms with Crippen molar-refractivity contribution in [2.45, 2.75) is 29.8 Å². The largest absolute Gasteiger partial charge is 0.417 e. The van der Waals surface area contributed by atoms with Crippen molar-refractivity contribution in [2.24, 2.45) is 0 Å². The van der Waals surface area contributed by atoms with E-state index in [1.165, 1.54) is 6.07 Å². The summed E-state index contributed by atoms with van der Waals surface area (Å²) in [5, 5.41) is 2.67. The molecule has 1 heterocycles. The molecule has 0 saturated carbocycles. The summed E-state index contributed by atoms with van der Waals surface area (Å²) in [4.78, 5) is 15.5. The fourth-order valence-electron chi connectivity index (χ4n) is 1.42. The Bertz CT molecular complexity index is 452. The van der Waals surface area contributed by atoms with Crippen LogP contribution < -0.4 is 5.32 Å². The fourth-order valence-corrected chi connectivity index (χ4v) is 2.24. The van der Waals surface area contributed by atoms with Crippen LogP contribution in [0.15, 0.2) is 23.4 Å². The lowest BCUT2D eigenvalue weighted by atomic mass is 10.3. The van der Waals surface area contributed by atoms with Crippen LogP contribution in [0, 0.1) is 0 Å². The number of amides is 1. The second-order valence-corrected chi connectivity index (χ2v) is 5.64. The highest BCUT2D eigenvalue weighted by Gasteiger charge is 2.30. The van der Waals surface area contributed by atoms with Gasteiger partial charge in [-0.15, -0.1) is 0 Å². The van der Waals surface area contributed by atoms with Crippen LogP contribution in [0.3, 0.4) is 0 Å². The number of ether oxygens (including phenoxy) is 1. The molecule has 8 heteroatoms. The minimum absolute atomic E-state index is 0.183. The zero-order chi connectivity index (χ0) is 15.9. The van der Waals surface area contributed by atoms with E-state index >= 15 is 0 Å². The van der Waals surface area contributed by atoms with Gasteiger partial charge in [0.25, 0.3) is 0 Å². The number of aromatic nitrogens is 1. The summed E-state index contributed by atoms with van der Waals surface area (Å²) in [5.41, 5.74) is -0.802. The third-order valence-corrected chi connectivity index (χ3v) is 3.61. The summed E-state index contributed by atoms with van der Waals surface area (Å²) in [6.07, 6.45) is -2.93. The Labute approximate surface area is 125 Å². The molecule has 4 nitrogen and oxygen atoms in total. The van der Waals surface area contributed by atoms with Crippen molar-refractivity contribution in [3.8, 4) is 0 Å². The Balaban J connectivity index is 2.47. The van der Waals surface area contributed by atoms with Crippen molar-refractivity contribution in [1.82, 2.24) is 10.3 Å². The van der Waals surface area contributed by atoms with Gasteiger partial charge < -0.3 is 10.1 Å². The van der Waals surface area contributed by atoms with Gasteiger partial charge in [-0.1, -0.05) is 11.8 Å². The predicted octanol–water partition coefficient (Wildman–Crippen LogP) is 2.73. The van der Waals surface area contributed by atoms with Crippen LogP contribution in [0.4, 0.5) is 13.2 Å². The molecule has 1 N–H and O–H groups in total. The maximum Gasteiger partial charge on any atom is 0.417 e. The van der Waals surface area contributed by atoms with Gasteiger partial charge in [0.15, 0.2) is 0 Å². The van der Waals surface area contributed by atoms with E-state index < -0.39 is 17.0 Å². The van der Waals surface area contributed by atoms with Crippen molar-refractivity contribution in [1.29, 1.82) is 0 Å². The highest BCUT2D eigenvalue weighted by Crippen LogP contribution is 2.30. The molecule has 0 radical (unpaired) electrons. The molecule has 0 saturated heterocycles. The van der Waals surface area contributed by atoms with E-state index in [9.17, 15) is 18.0 Å². The summed E-state index contributed by atoms with van der Waals surface area (Å²) in [6, 6.07) is 2.22. The Kier molecular flexibility index (Phi) is 6.97. The summed E-state index contributed by atoms with van der Waals surface area (Å²) in [7, 11) is 1.58. The van der Waals surface area contributed by atoms with E-state index in [1.54, 1.807) is 14.0 Å². The smallest absolute Gasteiger partial charge is 0.385 e. The normalized spacial score (nSPS) is 13.0. The van der Waals surface area contributed by atoms with Crippen molar-refractivity contribution in [3.05, 3.63) is 23.9 Å². The summed E-state index contributed by atoms with van der Waals surface area (Å²) in [6.45, 7) is 2.73. The number of nitrogens with zero attached hydrogens (tertiary/aromatic N) is 1. The predicted molar refractivity (Wildman–Crippen MR) is 74.1 cm³/mol. The zero-order valence-corrected chi connectivity index (χ0v) is 12.6. The number of methoxy groups -OCH3 is 1. The molecule has 21 heavy (non-hydrogen) atoms. The number of hydrogen-bond donors (Lipinski definition) is 1. The van der Waals surface area contributed by atoms with Gasteiger partial charge in [0.05, 0.1) is 15.8 Å². The van der Waals surface area contributed by atoms with Gasteiger partial charge in [0.1, 0.15) is 0 Å². The van der Waals surface area contributed by atoms with Crippen LogP contribution in [0.5, 0.6) is 0 Å². The number of alkyl halides is 3. The molecule has 0 aliphatic carbocycles. The molecule has 0 aliphatic rings. The maximum atomic E-state index is 12.4. The van der Waals surface area contributed by atoms with E-state index in [0.29, 0.717) is 24.6 Å². The van der Waals surface area contributed by atoms with Gasteiger partial charge in [-0.05, 0) is 25.5 Å². The van der Waals surface area contributed by atoms with E-state index in [0.717, 1.165) is 24.0 Å². The molecule has 1 atom stereocenters. The van der Waals surface area contributed by atoms with Crippen LogP contribution >= 0.6 is 11.8 Å². The first-order chi connectivity index (χ1) is 9.84. The van der Waals surface area contributed by atoms with Crippen LogP contribution in [0.2, 0.25) is 0 Å². The Hall–Kier alpha value is -1.28. The number of hydrogen-bond acceptors (Lipinski definition) is 4. The minimum Gasteiger partial charge on any atom is -0.385 e. The minimum atomic E-state index is -4.40. The SMILES string of the molecule is COCCCNC(=O)C(C)Sc1ccc(C(F)(F)F)cn1. The quantitative estimate of drug-likeness (QED) is 0.619. The molecule has 0 fully saturated rings. The summed E-state index contributed by atoms with van der Waals surface area (Å²) < 4.78 is 42.0. The van der Waals surface area contributed by atoms with E-state index in [-0.39, 0.29) is 5.91 Å². The van der Waals surface area contributed by atoms with Crippen molar-refractivity contribution >= 4 is 17.7 Å². The first-order valence-corrected chi connectivity index (χ1v) is 7.19. The molecule has 0 bridgehead atoms. The number of thioether (sulfide) groups is 1. The van der Waals surface area contributed by atoms with E-state index in [1.807, 2.05) is 0 Å². The molecule has 0 spiro atoms. The molecule has 118 valence electrons. The number of rotatable bonds is 7. The molecular formula is C13H17F3N2O2S.